The number of piperidine rings is 1. The van der Waals surface area contributed by atoms with E-state index in [0.29, 0.717) is 16.7 Å². The van der Waals surface area contributed by atoms with Crippen molar-refractivity contribution >= 4 is 29.9 Å². The summed E-state index contributed by atoms with van der Waals surface area (Å²) >= 11 is 5.93. The maximum Gasteiger partial charge on any atom is 0.263 e. The number of ether oxygens (including phenoxy) is 1. The van der Waals surface area contributed by atoms with E-state index >= 15 is 0 Å². The summed E-state index contributed by atoms with van der Waals surface area (Å²) < 4.78 is 5.71. The molecule has 1 saturated heterocycles. The predicted molar refractivity (Wildman–Crippen MR) is 96.6 cm³/mol. The molecule has 130 valence electrons. The molecule has 23 heavy (non-hydrogen) atoms. The molecule has 1 fully saturated rings. The van der Waals surface area contributed by atoms with Gasteiger partial charge in [-0.1, -0.05) is 24.6 Å². The highest BCUT2D eigenvalue weighted by Crippen LogP contribution is 2.21. The summed E-state index contributed by atoms with van der Waals surface area (Å²) in [4.78, 5) is 14.4. The van der Waals surface area contributed by atoms with Gasteiger partial charge in [-0.15, -0.1) is 12.4 Å². The van der Waals surface area contributed by atoms with E-state index in [0.717, 1.165) is 39.0 Å². The van der Waals surface area contributed by atoms with Crippen molar-refractivity contribution in [2.45, 2.75) is 32.8 Å². The molecule has 4 nitrogen and oxygen atoms in total. The van der Waals surface area contributed by atoms with Gasteiger partial charge in [-0.2, -0.15) is 0 Å². The van der Waals surface area contributed by atoms with Gasteiger partial charge in [0.05, 0.1) is 0 Å². The molecule has 1 aliphatic heterocycles. The summed E-state index contributed by atoms with van der Waals surface area (Å²) in [5, 5.41) is 3.99. The van der Waals surface area contributed by atoms with Crippen LogP contribution >= 0.6 is 24.0 Å². The van der Waals surface area contributed by atoms with Crippen molar-refractivity contribution in [3.05, 3.63) is 29.3 Å². The molecule has 1 heterocycles. The Hall–Kier alpha value is -0.970. The monoisotopic (exact) mass is 360 g/mol. The van der Waals surface area contributed by atoms with Gasteiger partial charge in [-0.05, 0) is 57.0 Å². The number of rotatable bonds is 6. The fourth-order valence-corrected chi connectivity index (χ4v) is 2.94. The van der Waals surface area contributed by atoms with E-state index in [1.165, 1.54) is 0 Å². The number of carbonyl (C=O) groups excluding carboxylic acids is 1. The number of benzene rings is 1. The molecular formula is C17H26Cl2N2O2. The number of nitrogens with zero attached hydrogens (tertiary/aromatic N) is 1. The van der Waals surface area contributed by atoms with Crippen molar-refractivity contribution in [2.75, 3.05) is 26.2 Å². The highest BCUT2D eigenvalue weighted by Gasteiger charge is 2.26. The van der Waals surface area contributed by atoms with Crippen LogP contribution in [0.2, 0.25) is 5.02 Å². The molecule has 0 radical (unpaired) electrons. The zero-order valence-corrected chi connectivity index (χ0v) is 15.3. The molecule has 2 rings (SSSR count). The second-order valence-electron chi connectivity index (χ2n) is 5.79. The van der Waals surface area contributed by atoms with Gasteiger partial charge in [0.15, 0.2) is 6.10 Å². The average Bonchev–Trinajstić information content (AvgIpc) is 2.52. The molecule has 1 aromatic carbocycles. The molecule has 1 atom stereocenters. The Bertz CT molecular complexity index is 491. The number of carbonyl (C=O) groups is 1. The SMILES string of the molecule is CCNCC1CCN(C(=O)C(C)Oc2cccc(Cl)c2)CC1.Cl. The summed E-state index contributed by atoms with van der Waals surface area (Å²) in [5.74, 6) is 1.37. The van der Waals surface area contributed by atoms with Crippen molar-refractivity contribution in [1.29, 1.82) is 0 Å². The van der Waals surface area contributed by atoms with E-state index in [9.17, 15) is 4.79 Å². The lowest BCUT2D eigenvalue weighted by molar-refractivity contribution is -0.139. The Labute approximate surface area is 149 Å². The van der Waals surface area contributed by atoms with Gasteiger partial charge in [-0.3, -0.25) is 4.79 Å². The van der Waals surface area contributed by atoms with Crippen LogP contribution in [0.4, 0.5) is 0 Å². The van der Waals surface area contributed by atoms with E-state index < -0.39 is 6.10 Å². The Morgan fingerprint density at radius 1 is 1.43 bits per heavy atom. The smallest absolute Gasteiger partial charge is 0.263 e. The second-order valence-corrected chi connectivity index (χ2v) is 6.23. The molecule has 0 spiro atoms. The Morgan fingerprint density at radius 3 is 2.74 bits per heavy atom. The molecule has 0 saturated carbocycles. The van der Waals surface area contributed by atoms with Crippen molar-refractivity contribution in [3.8, 4) is 5.75 Å². The topological polar surface area (TPSA) is 41.6 Å². The van der Waals surface area contributed by atoms with Gasteiger partial charge >= 0.3 is 0 Å². The van der Waals surface area contributed by atoms with E-state index in [1.54, 1.807) is 19.1 Å². The zero-order chi connectivity index (χ0) is 15.9. The maximum absolute atomic E-state index is 12.5. The standard InChI is InChI=1S/C17H25ClN2O2.ClH/c1-3-19-12-14-7-9-20(10-8-14)17(21)13(2)22-16-6-4-5-15(18)11-16;/h4-6,11,13-14,19H,3,7-10,12H2,1-2H3;1H. The summed E-state index contributed by atoms with van der Waals surface area (Å²) in [6.45, 7) is 7.61. The van der Waals surface area contributed by atoms with Crippen LogP contribution in [0.1, 0.15) is 26.7 Å². The van der Waals surface area contributed by atoms with Crippen LogP contribution in [0.3, 0.4) is 0 Å². The number of hydrogen-bond donors (Lipinski definition) is 1. The summed E-state index contributed by atoms with van der Waals surface area (Å²) in [6.07, 6.45) is 1.63. The third-order valence-electron chi connectivity index (χ3n) is 4.07. The van der Waals surface area contributed by atoms with E-state index in [1.807, 2.05) is 17.0 Å². The third kappa shape index (κ3) is 6.21. The van der Waals surface area contributed by atoms with E-state index in [4.69, 9.17) is 16.3 Å². The normalized spacial score (nSPS) is 16.6. The first kappa shape index (κ1) is 20.1. The molecule has 0 bridgehead atoms. The van der Waals surface area contributed by atoms with Crippen molar-refractivity contribution in [2.24, 2.45) is 5.92 Å². The van der Waals surface area contributed by atoms with Gasteiger partial charge in [0.1, 0.15) is 5.75 Å². The van der Waals surface area contributed by atoms with Crippen LogP contribution in [0.5, 0.6) is 5.75 Å². The Kier molecular flexibility index (Phi) is 8.74. The minimum Gasteiger partial charge on any atom is -0.481 e. The molecule has 1 aliphatic rings. The van der Waals surface area contributed by atoms with Gasteiger partial charge in [0, 0.05) is 18.1 Å². The highest BCUT2D eigenvalue weighted by molar-refractivity contribution is 6.30. The maximum atomic E-state index is 12.5. The zero-order valence-electron chi connectivity index (χ0n) is 13.8. The molecule has 1 unspecified atom stereocenters. The molecule has 0 aromatic heterocycles. The fraction of sp³-hybridized carbons (Fsp3) is 0.588. The van der Waals surface area contributed by atoms with Crippen LogP contribution in [0, 0.1) is 5.92 Å². The van der Waals surface area contributed by atoms with Gasteiger partial charge in [0.25, 0.3) is 5.91 Å². The van der Waals surface area contributed by atoms with Crippen molar-refractivity contribution in [3.63, 3.8) is 0 Å². The Balaban J connectivity index is 0.00000264. The molecule has 6 heteroatoms. The third-order valence-corrected chi connectivity index (χ3v) is 4.30. The summed E-state index contributed by atoms with van der Waals surface area (Å²) in [5.41, 5.74) is 0. The first-order valence-corrected chi connectivity index (χ1v) is 8.39. The van der Waals surface area contributed by atoms with Gasteiger partial charge in [0.2, 0.25) is 0 Å². The van der Waals surface area contributed by atoms with Crippen molar-refractivity contribution in [1.82, 2.24) is 10.2 Å². The summed E-state index contributed by atoms with van der Waals surface area (Å²) in [6, 6.07) is 7.16. The molecular weight excluding hydrogens is 335 g/mol. The number of hydrogen-bond acceptors (Lipinski definition) is 3. The highest BCUT2D eigenvalue weighted by atomic mass is 35.5. The van der Waals surface area contributed by atoms with Crippen LogP contribution in [0.15, 0.2) is 24.3 Å². The first-order valence-electron chi connectivity index (χ1n) is 8.02. The molecule has 1 N–H and O–H groups in total. The number of amides is 1. The first-order chi connectivity index (χ1) is 10.6. The quantitative estimate of drug-likeness (QED) is 0.845. The average molecular weight is 361 g/mol. The number of nitrogens with one attached hydrogen (secondary N) is 1. The number of halogens is 2. The second kappa shape index (κ2) is 10.0. The predicted octanol–water partition coefficient (Wildman–Crippen LogP) is 3.38. The molecule has 0 aliphatic carbocycles. The van der Waals surface area contributed by atoms with Crippen molar-refractivity contribution < 1.29 is 9.53 Å². The molecule has 1 aromatic rings. The van der Waals surface area contributed by atoms with Gasteiger partial charge < -0.3 is 15.0 Å². The minimum absolute atomic E-state index is 0. The largest absolute Gasteiger partial charge is 0.481 e. The van der Waals surface area contributed by atoms with E-state index in [-0.39, 0.29) is 18.3 Å². The number of likely N-dealkylation sites (tertiary alicyclic amines) is 1. The summed E-state index contributed by atoms with van der Waals surface area (Å²) in [7, 11) is 0. The fourth-order valence-electron chi connectivity index (χ4n) is 2.76. The van der Waals surface area contributed by atoms with Crippen LogP contribution in [-0.2, 0) is 4.79 Å². The lowest BCUT2D eigenvalue weighted by Gasteiger charge is -2.33. The molecule has 1 amide bonds. The van der Waals surface area contributed by atoms with Crippen LogP contribution in [0.25, 0.3) is 0 Å². The lowest BCUT2D eigenvalue weighted by Crippen LogP contribution is -2.45. The lowest BCUT2D eigenvalue weighted by atomic mass is 9.96. The van der Waals surface area contributed by atoms with E-state index in [2.05, 4.69) is 12.2 Å². The minimum atomic E-state index is -0.483. The van der Waals surface area contributed by atoms with Crippen LogP contribution < -0.4 is 10.1 Å². The Morgan fingerprint density at radius 2 is 2.13 bits per heavy atom. The van der Waals surface area contributed by atoms with Gasteiger partial charge in [-0.25, -0.2) is 0 Å². The van der Waals surface area contributed by atoms with Crippen LogP contribution in [-0.4, -0.2) is 43.1 Å².